The highest BCUT2D eigenvalue weighted by atomic mass is 79.9. The minimum absolute atomic E-state index is 0.0695. The summed E-state index contributed by atoms with van der Waals surface area (Å²) in [6.45, 7) is 1.53. The van der Waals surface area contributed by atoms with Crippen molar-refractivity contribution in [1.29, 1.82) is 0 Å². The smallest absolute Gasteiger partial charge is 0.270 e. The third kappa shape index (κ3) is 1.90. The number of aromatic amines is 1. The molecule has 1 aromatic heterocycles. The number of halogens is 1. The Morgan fingerprint density at radius 2 is 2.36 bits per heavy atom. The first-order valence-corrected chi connectivity index (χ1v) is 5.35. The molecule has 4 heteroatoms. The van der Waals surface area contributed by atoms with E-state index < -0.39 is 0 Å². The molecule has 74 valence electrons. The van der Waals surface area contributed by atoms with Crippen molar-refractivity contribution in [3.05, 3.63) is 34.6 Å². The minimum atomic E-state index is 0.0695. The first-order chi connectivity index (χ1) is 6.77. The van der Waals surface area contributed by atoms with Gasteiger partial charge in [-0.25, -0.2) is 0 Å². The van der Waals surface area contributed by atoms with Crippen molar-refractivity contribution < 1.29 is 4.79 Å². The predicted octanol–water partition coefficient (Wildman–Crippen LogP) is 2.18. The maximum atomic E-state index is 11.9. The summed E-state index contributed by atoms with van der Waals surface area (Å²) in [5, 5.41) is 0. The van der Waals surface area contributed by atoms with E-state index in [0.717, 1.165) is 24.0 Å². The van der Waals surface area contributed by atoms with Crippen LogP contribution in [0, 0.1) is 0 Å². The van der Waals surface area contributed by atoms with E-state index in [1.54, 1.807) is 12.3 Å². The Morgan fingerprint density at radius 1 is 1.50 bits per heavy atom. The maximum absolute atomic E-state index is 11.9. The molecular formula is C10H11BrN2O. The molecule has 14 heavy (non-hydrogen) atoms. The number of carbonyl (C=O) groups is 1. The normalized spacial score (nSPS) is 15.9. The largest absolute Gasteiger partial charge is 0.356 e. The van der Waals surface area contributed by atoms with Crippen LogP contribution in [0.5, 0.6) is 0 Å². The number of nitrogens with zero attached hydrogens (tertiary/aromatic N) is 1. The molecule has 1 amide bonds. The molecule has 2 rings (SSSR count). The summed E-state index contributed by atoms with van der Waals surface area (Å²) in [6.07, 6.45) is 6.86. The molecular weight excluding hydrogens is 244 g/mol. The Hall–Kier alpha value is -1.03. The van der Waals surface area contributed by atoms with Gasteiger partial charge in [-0.05, 0) is 28.4 Å². The van der Waals surface area contributed by atoms with Gasteiger partial charge in [0, 0.05) is 23.8 Å². The van der Waals surface area contributed by atoms with E-state index in [-0.39, 0.29) is 5.91 Å². The van der Waals surface area contributed by atoms with Crippen molar-refractivity contribution in [1.82, 2.24) is 9.88 Å². The Bertz CT molecular complexity index is 370. The van der Waals surface area contributed by atoms with Crippen LogP contribution in [-0.2, 0) is 0 Å². The van der Waals surface area contributed by atoms with Crippen LogP contribution in [0.3, 0.4) is 0 Å². The van der Waals surface area contributed by atoms with E-state index in [1.165, 1.54) is 0 Å². The van der Waals surface area contributed by atoms with E-state index in [0.29, 0.717) is 5.69 Å². The SMILES string of the molecule is O=C(c1cc(Br)c[nH]1)N1CC=CCC1. The van der Waals surface area contributed by atoms with Gasteiger partial charge < -0.3 is 9.88 Å². The van der Waals surface area contributed by atoms with Crippen LogP contribution in [0.2, 0.25) is 0 Å². The van der Waals surface area contributed by atoms with E-state index in [1.807, 2.05) is 11.0 Å². The molecule has 2 heterocycles. The number of H-pyrrole nitrogens is 1. The molecule has 0 saturated heterocycles. The molecule has 3 nitrogen and oxygen atoms in total. The van der Waals surface area contributed by atoms with Gasteiger partial charge in [0.25, 0.3) is 5.91 Å². The zero-order chi connectivity index (χ0) is 9.97. The average Bonchev–Trinajstić information content (AvgIpc) is 2.65. The average molecular weight is 255 g/mol. The van der Waals surface area contributed by atoms with Crippen LogP contribution in [0.1, 0.15) is 16.9 Å². The minimum Gasteiger partial charge on any atom is -0.356 e. The first kappa shape index (κ1) is 9.52. The molecule has 0 bridgehead atoms. The summed E-state index contributed by atoms with van der Waals surface area (Å²) < 4.78 is 0.911. The number of hydrogen-bond donors (Lipinski definition) is 1. The third-order valence-corrected chi connectivity index (χ3v) is 2.68. The van der Waals surface area contributed by atoms with E-state index >= 15 is 0 Å². The molecule has 1 aliphatic rings. The second-order valence-corrected chi connectivity index (χ2v) is 4.16. The summed E-state index contributed by atoms with van der Waals surface area (Å²) in [5.41, 5.74) is 0.646. The van der Waals surface area contributed by atoms with Crippen molar-refractivity contribution in [3.8, 4) is 0 Å². The van der Waals surface area contributed by atoms with E-state index in [2.05, 4.69) is 27.0 Å². The fraction of sp³-hybridized carbons (Fsp3) is 0.300. The number of amides is 1. The van der Waals surface area contributed by atoms with E-state index in [4.69, 9.17) is 0 Å². The van der Waals surface area contributed by atoms with Gasteiger partial charge in [-0.2, -0.15) is 0 Å². The summed E-state index contributed by atoms with van der Waals surface area (Å²) in [7, 11) is 0. The van der Waals surface area contributed by atoms with Crippen molar-refractivity contribution in [2.24, 2.45) is 0 Å². The molecule has 0 radical (unpaired) electrons. The van der Waals surface area contributed by atoms with Gasteiger partial charge in [-0.15, -0.1) is 0 Å². The van der Waals surface area contributed by atoms with Crippen molar-refractivity contribution in [2.75, 3.05) is 13.1 Å². The second kappa shape index (κ2) is 4.00. The summed E-state index contributed by atoms with van der Waals surface area (Å²) in [5.74, 6) is 0.0695. The van der Waals surface area contributed by atoms with Crippen LogP contribution >= 0.6 is 15.9 Å². The van der Waals surface area contributed by atoms with Crippen LogP contribution < -0.4 is 0 Å². The number of rotatable bonds is 1. The Morgan fingerprint density at radius 3 is 2.93 bits per heavy atom. The van der Waals surface area contributed by atoms with Gasteiger partial charge in [-0.3, -0.25) is 4.79 Å². The zero-order valence-electron chi connectivity index (χ0n) is 7.66. The van der Waals surface area contributed by atoms with Gasteiger partial charge in [0.2, 0.25) is 0 Å². The fourth-order valence-corrected chi connectivity index (χ4v) is 1.83. The molecule has 0 atom stereocenters. The lowest BCUT2D eigenvalue weighted by Gasteiger charge is -2.22. The van der Waals surface area contributed by atoms with Crippen molar-refractivity contribution in [2.45, 2.75) is 6.42 Å². The summed E-state index contributed by atoms with van der Waals surface area (Å²) in [4.78, 5) is 16.6. The highest BCUT2D eigenvalue weighted by molar-refractivity contribution is 9.10. The van der Waals surface area contributed by atoms with E-state index in [9.17, 15) is 4.79 Å². The van der Waals surface area contributed by atoms with Gasteiger partial charge in [-0.1, -0.05) is 12.2 Å². The van der Waals surface area contributed by atoms with Crippen LogP contribution in [-0.4, -0.2) is 28.9 Å². The number of nitrogens with one attached hydrogen (secondary N) is 1. The monoisotopic (exact) mass is 254 g/mol. The second-order valence-electron chi connectivity index (χ2n) is 3.24. The molecule has 0 fully saturated rings. The fourth-order valence-electron chi connectivity index (χ4n) is 1.49. The summed E-state index contributed by atoms with van der Waals surface area (Å²) >= 11 is 3.31. The molecule has 1 aliphatic heterocycles. The van der Waals surface area contributed by atoms with Crippen molar-refractivity contribution in [3.63, 3.8) is 0 Å². The lowest BCUT2D eigenvalue weighted by atomic mass is 10.2. The van der Waals surface area contributed by atoms with Gasteiger partial charge in [0.1, 0.15) is 5.69 Å². The molecule has 0 unspecified atom stereocenters. The van der Waals surface area contributed by atoms with Gasteiger partial charge in [0.05, 0.1) is 0 Å². The molecule has 0 saturated carbocycles. The van der Waals surface area contributed by atoms with Gasteiger partial charge >= 0.3 is 0 Å². The maximum Gasteiger partial charge on any atom is 0.270 e. The van der Waals surface area contributed by atoms with Crippen LogP contribution in [0.15, 0.2) is 28.9 Å². The number of hydrogen-bond acceptors (Lipinski definition) is 1. The molecule has 1 aromatic rings. The Kier molecular flexibility index (Phi) is 2.72. The third-order valence-electron chi connectivity index (χ3n) is 2.22. The topological polar surface area (TPSA) is 36.1 Å². The number of carbonyl (C=O) groups excluding carboxylic acids is 1. The summed E-state index contributed by atoms with van der Waals surface area (Å²) in [6, 6.07) is 1.81. The van der Waals surface area contributed by atoms with Crippen LogP contribution in [0.25, 0.3) is 0 Å². The number of aromatic nitrogens is 1. The first-order valence-electron chi connectivity index (χ1n) is 4.55. The van der Waals surface area contributed by atoms with Crippen molar-refractivity contribution >= 4 is 21.8 Å². The van der Waals surface area contributed by atoms with Crippen LogP contribution in [0.4, 0.5) is 0 Å². The van der Waals surface area contributed by atoms with Gasteiger partial charge in [0.15, 0.2) is 0 Å². The molecule has 1 N–H and O–H groups in total. The molecule has 0 aliphatic carbocycles. The molecule has 0 spiro atoms. The quantitative estimate of drug-likeness (QED) is 0.767. The lowest BCUT2D eigenvalue weighted by molar-refractivity contribution is 0.0766. The highest BCUT2D eigenvalue weighted by Gasteiger charge is 2.16. The lowest BCUT2D eigenvalue weighted by Crippen LogP contribution is -2.33. The Balaban J connectivity index is 2.11. The predicted molar refractivity (Wildman–Crippen MR) is 58.2 cm³/mol. The Labute approximate surface area is 90.9 Å². The highest BCUT2D eigenvalue weighted by Crippen LogP contribution is 2.13. The zero-order valence-corrected chi connectivity index (χ0v) is 9.25. The standard InChI is InChI=1S/C10H11BrN2O/c11-8-6-9(12-7-8)10(14)13-4-2-1-3-5-13/h1-2,6-7,12H,3-5H2. The molecule has 0 aromatic carbocycles.